The zero-order chi connectivity index (χ0) is 13.2. The number of anilines is 1. The zero-order valence-corrected chi connectivity index (χ0v) is 11.3. The van der Waals surface area contributed by atoms with Crippen LogP contribution in [0.15, 0.2) is 12.3 Å². The first-order valence-electron chi connectivity index (χ1n) is 7.02. The number of aromatic nitrogens is 2. The third-order valence-electron chi connectivity index (χ3n) is 4.20. The molecule has 1 aromatic rings. The van der Waals surface area contributed by atoms with E-state index in [4.69, 9.17) is 5.26 Å². The minimum atomic E-state index is 0.406. The van der Waals surface area contributed by atoms with Crippen LogP contribution in [0.25, 0.3) is 0 Å². The largest absolute Gasteiger partial charge is 0.335 e. The van der Waals surface area contributed by atoms with Gasteiger partial charge in [0, 0.05) is 31.4 Å². The molecular weight excluding hydrogens is 238 g/mol. The van der Waals surface area contributed by atoms with E-state index in [-0.39, 0.29) is 0 Å². The number of piperazine rings is 1. The van der Waals surface area contributed by atoms with E-state index in [0.717, 1.165) is 13.1 Å². The van der Waals surface area contributed by atoms with Crippen molar-refractivity contribution in [3.8, 4) is 6.07 Å². The molecule has 2 saturated heterocycles. The minimum Gasteiger partial charge on any atom is -0.335 e. The number of nitriles is 1. The van der Waals surface area contributed by atoms with E-state index in [9.17, 15) is 0 Å². The highest BCUT2D eigenvalue weighted by Crippen LogP contribution is 2.26. The van der Waals surface area contributed by atoms with E-state index in [1.807, 2.05) is 0 Å². The second-order valence-electron chi connectivity index (χ2n) is 5.50. The van der Waals surface area contributed by atoms with Gasteiger partial charge < -0.3 is 4.90 Å². The SMILES string of the molecule is CC1CN2CCCCC2CN1c1nccc(C#N)n1. The van der Waals surface area contributed by atoms with E-state index < -0.39 is 0 Å². The van der Waals surface area contributed by atoms with Gasteiger partial charge in [0.2, 0.25) is 5.95 Å². The maximum absolute atomic E-state index is 8.95. The van der Waals surface area contributed by atoms with Crippen molar-refractivity contribution >= 4 is 5.95 Å². The Kier molecular flexibility index (Phi) is 3.34. The van der Waals surface area contributed by atoms with Gasteiger partial charge in [0.15, 0.2) is 0 Å². The Hall–Kier alpha value is -1.67. The molecule has 0 N–H and O–H groups in total. The predicted molar refractivity (Wildman–Crippen MR) is 72.8 cm³/mol. The van der Waals surface area contributed by atoms with Crippen LogP contribution >= 0.6 is 0 Å². The van der Waals surface area contributed by atoms with Gasteiger partial charge in [-0.05, 0) is 32.4 Å². The van der Waals surface area contributed by atoms with Crippen LogP contribution < -0.4 is 4.90 Å². The van der Waals surface area contributed by atoms with Crippen molar-refractivity contribution in [1.82, 2.24) is 14.9 Å². The molecule has 0 bridgehead atoms. The summed E-state index contributed by atoms with van der Waals surface area (Å²) in [6, 6.07) is 4.78. The Morgan fingerprint density at radius 3 is 3.11 bits per heavy atom. The topological polar surface area (TPSA) is 56.0 Å². The molecule has 5 nitrogen and oxygen atoms in total. The lowest BCUT2D eigenvalue weighted by Crippen LogP contribution is -2.59. The third-order valence-corrected chi connectivity index (χ3v) is 4.20. The van der Waals surface area contributed by atoms with Crippen molar-refractivity contribution in [2.45, 2.75) is 38.3 Å². The average molecular weight is 257 g/mol. The van der Waals surface area contributed by atoms with E-state index in [0.29, 0.717) is 23.7 Å². The number of piperidine rings is 1. The van der Waals surface area contributed by atoms with Crippen molar-refractivity contribution < 1.29 is 0 Å². The molecule has 19 heavy (non-hydrogen) atoms. The molecule has 0 amide bonds. The highest BCUT2D eigenvalue weighted by molar-refractivity contribution is 5.36. The van der Waals surface area contributed by atoms with Crippen LogP contribution in [0.5, 0.6) is 0 Å². The molecule has 100 valence electrons. The Labute approximate surface area is 113 Å². The molecule has 5 heteroatoms. The number of hydrogen-bond acceptors (Lipinski definition) is 5. The normalized spacial score (nSPS) is 27.7. The summed E-state index contributed by atoms with van der Waals surface area (Å²) < 4.78 is 0. The number of nitrogens with zero attached hydrogens (tertiary/aromatic N) is 5. The highest BCUT2D eigenvalue weighted by atomic mass is 15.4. The summed E-state index contributed by atoms with van der Waals surface area (Å²) in [5.74, 6) is 0.705. The Morgan fingerprint density at radius 1 is 1.37 bits per heavy atom. The van der Waals surface area contributed by atoms with Crippen LogP contribution in [-0.2, 0) is 0 Å². The molecule has 1 aromatic heterocycles. The summed E-state index contributed by atoms with van der Waals surface area (Å²) in [4.78, 5) is 13.5. The van der Waals surface area contributed by atoms with Gasteiger partial charge in [-0.15, -0.1) is 0 Å². The Balaban J connectivity index is 1.82. The summed E-state index contributed by atoms with van der Waals surface area (Å²) >= 11 is 0. The van der Waals surface area contributed by atoms with Gasteiger partial charge in [0.1, 0.15) is 11.8 Å². The molecule has 2 fully saturated rings. The van der Waals surface area contributed by atoms with Gasteiger partial charge in [0.25, 0.3) is 0 Å². The quantitative estimate of drug-likeness (QED) is 0.761. The molecule has 2 unspecified atom stereocenters. The van der Waals surface area contributed by atoms with Crippen molar-refractivity contribution in [2.24, 2.45) is 0 Å². The van der Waals surface area contributed by atoms with Crippen LogP contribution in [0.3, 0.4) is 0 Å². The monoisotopic (exact) mass is 257 g/mol. The van der Waals surface area contributed by atoms with Gasteiger partial charge in [-0.1, -0.05) is 6.42 Å². The van der Waals surface area contributed by atoms with Crippen molar-refractivity contribution in [1.29, 1.82) is 5.26 Å². The molecule has 0 radical (unpaired) electrons. The average Bonchev–Trinajstić information content (AvgIpc) is 2.46. The molecule has 3 heterocycles. The molecule has 0 saturated carbocycles. The molecule has 2 aliphatic rings. The summed E-state index contributed by atoms with van der Waals surface area (Å²) in [6.07, 6.45) is 5.59. The fraction of sp³-hybridized carbons (Fsp3) is 0.643. The van der Waals surface area contributed by atoms with Gasteiger partial charge in [0.05, 0.1) is 0 Å². The number of fused-ring (bicyclic) bond motifs is 1. The Morgan fingerprint density at radius 2 is 2.26 bits per heavy atom. The summed E-state index contributed by atoms with van der Waals surface area (Å²) in [5.41, 5.74) is 0.447. The first-order chi connectivity index (χ1) is 9.28. The second kappa shape index (κ2) is 5.14. The van der Waals surface area contributed by atoms with E-state index in [2.05, 4.69) is 32.8 Å². The van der Waals surface area contributed by atoms with E-state index >= 15 is 0 Å². The van der Waals surface area contributed by atoms with Crippen LogP contribution in [0.4, 0.5) is 5.95 Å². The first-order valence-corrected chi connectivity index (χ1v) is 7.02. The van der Waals surface area contributed by atoms with Crippen LogP contribution in [0, 0.1) is 11.3 Å². The fourth-order valence-electron chi connectivity index (χ4n) is 3.18. The maximum atomic E-state index is 8.95. The summed E-state index contributed by atoms with van der Waals surface area (Å²) in [5, 5.41) is 8.95. The molecular formula is C14H19N5. The van der Waals surface area contributed by atoms with Crippen LogP contribution in [0.2, 0.25) is 0 Å². The standard InChI is InChI=1S/C14H19N5/c1-11-9-18-7-3-2-4-13(18)10-19(11)14-16-6-5-12(8-15)17-14/h5-6,11,13H,2-4,7,9-10H2,1H3. The molecule has 0 aliphatic carbocycles. The van der Waals surface area contributed by atoms with E-state index in [1.165, 1.54) is 25.8 Å². The summed E-state index contributed by atoms with van der Waals surface area (Å²) in [7, 11) is 0. The van der Waals surface area contributed by atoms with Crippen molar-refractivity contribution in [3.05, 3.63) is 18.0 Å². The minimum absolute atomic E-state index is 0.406. The molecule has 3 rings (SSSR count). The molecule has 0 spiro atoms. The lowest BCUT2D eigenvalue weighted by atomic mass is 9.97. The molecule has 0 aromatic carbocycles. The third kappa shape index (κ3) is 2.41. The number of hydrogen-bond donors (Lipinski definition) is 0. The lowest BCUT2D eigenvalue weighted by molar-refractivity contribution is 0.115. The predicted octanol–water partition coefficient (Wildman–Crippen LogP) is 1.41. The smallest absolute Gasteiger partial charge is 0.226 e. The fourth-order valence-corrected chi connectivity index (χ4v) is 3.18. The van der Waals surface area contributed by atoms with E-state index in [1.54, 1.807) is 12.3 Å². The first kappa shape index (κ1) is 12.4. The Bertz CT molecular complexity index is 495. The highest BCUT2D eigenvalue weighted by Gasteiger charge is 2.34. The summed E-state index contributed by atoms with van der Waals surface area (Å²) in [6.45, 7) is 5.50. The zero-order valence-electron chi connectivity index (χ0n) is 11.3. The van der Waals surface area contributed by atoms with Crippen LogP contribution in [0.1, 0.15) is 31.9 Å². The molecule has 2 aliphatic heterocycles. The lowest BCUT2D eigenvalue weighted by Gasteiger charge is -2.47. The second-order valence-corrected chi connectivity index (χ2v) is 5.50. The van der Waals surface area contributed by atoms with Crippen molar-refractivity contribution in [2.75, 3.05) is 24.5 Å². The number of rotatable bonds is 1. The maximum Gasteiger partial charge on any atom is 0.226 e. The van der Waals surface area contributed by atoms with Gasteiger partial charge in [-0.3, -0.25) is 4.90 Å². The van der Waals surface area contributed by atoms with Crippen molar-refractivity contribution in [3.63, 3.8) is 0 Å². The van der Waals surface area contributed by atoms with Gasteiger partial charge in [-0.25, -0.2) is 9.97 Å². The van der Waals surface area contributed by atoms with Crippen LogP contribution in [-0.4, -0.2) is 46.6 Å². The molecule has 2 atom stereocenters. The van der Waals surface area contributed by atoms with Gasteiger partial charge >= 0.3 is 0 Å². The van der Waals surface area contributed by atoms with Gasteiger partial charge in [-0.2, -0.15) is 5.26 Å².